The number of aliphatic hydroxyl groups excluding tert-OH is 1. The van der Waals surface area contributed by atoms with Gasteiger partial charge in [0.2, 0.25) is 0 Å². The quantitative estimate of drug-likeness (QED) is 0.827. The molecule has 16 heavy (non-hydrogen) atoms. The van der Waals surface area contributed by atoms with Crippen LogP contribution in [0.2, 0.25) is 0 Å². The van der Waals surface area contributed by atoms with Gasteiger partial charge in [-0.3, -0.25) is 0 Å². The van der Waals surface area contributed by atoms with Crippen LogP contribution in [0.1, 0.15) is 18.5 Å². The molecule has 2 unspecified atom stereocenters. The van der Waals surface area contributed by atoms with Crippen molar-refractivity contribution in [2.45, 2.75) is 19.1 Å². The molecule has 0 amide bonds. The van der Waals surface area contributed by atoms with Gasteiger partial charge in [0.15, 0.2) is 11.6 Å². The number of hydrogen-bond donors (Lipinski definition) is 2. The fourth-order valence-electron chi connectivity index (χ4n) is 1.60. The van der Waals surface area contributed by atoms with Crippen LogP contribution in [0.3, 0.4) is 0 Å². The monoisotopic (exact) mass is 231 g/mol. The highest BCUT2D eigenvalue weighted by atomic mass is 19.1. The van der Waals surface area contributed by atoms with Gasteiger partial charge in [0.05, 0.1) is 19.3 Å². The average Bonchev–Trinajstić information content (AvgIpc) is 2.23. The molecule has 90 valence electrons. The molecule has 0 bridgehead atoms. The van der Waals surface area contributed by atoms with E-state index in [1.54, 1.807) is 7.05 Å². The number of benzene rings is 1. The Bertz CT molecular complexity index is 369. The standard InChI is InChI=1S/C11H15F2NO2/c1-6(15)11(14-2)7-4-9(13)10(16-3)5-8(7)12/h4-6,11,14-15H,1-3H3. The molecule has 0 saturated carbocycles. The van der Waals surface area contributed by atoms with Gasteiger partial charge in [0.1, 0.15) is 5.82 Å². The van der Waals surface area contributed by atoms with Crippen molar-refractivity contribution < 1.29 is 18.6 Å². The Morgan fingerprint density at radius 2 is 1.94 bits per heavy atom. The molecule has 0 fully saturated rings. The van der Waals surface area contributed by atoms with E-state index in [-0.39, 0.29) is 11.3 Å². The topological polar surface area (TPSA) is 41.5 Å². The Kier molecular flexibility index (Phi) is 4.20. The number of aliphatic hydroxyl groups is 1. The first kappa shape index (κ1) is 12.9. The predicted octanol–water partition coefficient (Wildman–Crippen LogP) is 1.61. The minimum Gasteiger partial charge on any atom is -0.494 e. The third-order valence-electron chi connectivity index (χ3n) is 2.40. The summed E-state index contributed by atoms with van der Waals surface area (Å²) in [5.41, 5.74) is 0.0794. The zero-order valence-electron chi connectivity index (χ0n) is 9.42. The molecule has 0 aliphatic carbocycles. The van der Waals surface area contributed by atoms with Crippen LogP contribution < -0.4 is 10.1 Å². The molecule has 3 nitrogen and oxygen atoms in total. The molecule has 0 heterocycles. The van der Waals surface area contributed by atoms with E-state index in [9.17, 15) is 13.9 Å². The number of rotatable bonds is 4. The van der Waals surface area contributed by atoms with Gasteiger partial charge in [-0.15, -0.1) is 0 Å². The summed E-state index contributed by atoms with van der Waals surface area (Å²) in [6, 6.07) is 1.35. The van der Waals surface area contributed by atoms with Crippen LogP contribution in [-0.4, -0.2) is 25.4 Å². The minimum atomic E-state index is -0.827. The van der Waals surface area contributed by atoms with Crippen LogP contribution in [0, 0.1) is 11.6 Å². The second kappa shape index (κ2) is 5.23. The molecule has 0 aliphatic heterocycles. The van der Waals surface area contributed by atoms with Crippen LogP contribution in [0.4, 0.5) is 8.78 Å². The van der Waals surface area contributed by atoms with Crippen molar-refractivity contribution >= 4 is 0 Å². The number of ether oxygens (including phenoxy) is 1. The Balaban J connectivity index is 3.18. The first-order chi connectivity index (χ1) is 7.51. The summed E-state index contributed by atoms with van der Waals surface area (Å²) in [6.45, 7) is 1.50. The summed E-state index contributed by atoms with van der Waals surface area (Å²) in [5.74, 6) is -1.42. The van der Waals surface area contributed by atoms with Crippen LogP contribution in [0.25, 0.3) is 0 Å². The van der Waals surface area contributed by atoms with Crippen molar-refractivity contribution in [1.82, 2.24) is 5.32 Å². The largest absolute Gasteiger partial charge is 0.494 e. The predicted molar refractivity (Wildman–Crippen MR) is 56.4 cm³/mol. The summed E-state index contributed by atoms with van der Waals surface area (Å²) in [6.07, 6.45) is -0.827. The van der Waals surface area contributed by atoms with E-state index in [1.165, 1.54) is 14.0 Å². The van der Waals surface area contributed by atoms with Crippen LogP contribution >= 0.6 is 0 Å². The highest BCUT2D eigenvalue weighted by Gasteiger charge is 2.21. The van der Waals surface area contributed by atoms with Gasteiger partial charge in [0.25, 0.3) is 0 Å². The lowest BCUT2D eigenvalue weighted by atomic mass is 10.0. The molecule has 0 aliphatic rings. The maximum absolute atomic E-state index is 13.6. The lowest BCUT2D eigenvalue weighted by Crippen LogP contribution is -2.28. The maximum Gasteiger partial charge on any atom is 0.165 e. The van der Waals surface area contributed by atoms with E-state index >= 15 is 0 Å². The van der Waals surface area contributed by atoms with Crippen molar-refractivity contribution in [2.75, 3.05) is 14.2 Å². The summed E-state index contributed by atoms with van der Waals surface area (Å²) < 4.78 is 31.7. The molecular formula is C11H15F2NO2. The highest BCUT2D eigenvalue weighted by Crippen LogP contribution is 2.26. The highest BCUT2D eigenvalue weighted by molar-refractivity contribution is 5.33. The van der Waals surface area contributed by atoms with Gasteiger partial charge in [-0.1, -0.05) is 0 Å². The molecule has 2 N–H and O–H groups in total. The minimum absolute atomic E-state index is 0.0794. The molecule has 5 heteroatoms. The second-order valence-electron chi connectivity index (χ2n) is 3.52. The Labute approximate surface area is 93.0 Å². The van der Waals surface area contributed by atoms with E-state index in [0.29, 0.717) is 0 Å². The Morgan fingerprint density at radius 1 is 1.31 bits per heavy atom. The molecule has 1 rings (SSSR count). The Hall–Kier alpha value is -1.20. The zero-order chi connectivity index (χ0) is 12.3. The van der Waals surface area contributed by atoms with Gasteiger partial charge in [-0.05, 0) is 20.0 Å². The molecule has 0 spiro atoms. The SMILES string of the molecule is CNC(c1cc(F)c(OC)cc1F)C(C)O. The fraction of sp³-hybridized carbons (Fsp3) is 0.455. The molecule has 2 atom stereocenters. The van der Waals surface area contributed by atoms with Crippen molar-refractivity contribution in [1.29, 1.82) is 0 Å². The second-order valence-corrected chi connectivity index (χ2v) is 3.52. The summed E-state index contributed by atoms with van der Waals surface area (Å²) >= 11 is 0. The van der Waals surface area contributed by atoms with Gasteiger partial charge in [-0.25, -0.2) is 8.78 Å². The summed E-state index contributed by atoms with van der Waals surface area (Å²) in [7, 11) is 2.83. The van der Waals surface area contributed by atoms with Crippen molar-refractivity contribution in [3.63, 3.8) is 0 Å². The van der Waals surface area contributed by atoms with Gasteiger partial charge in [0, 0.05) is 11.6 Å². The maximum atomic E-state index is 13.6. The molecule has 0 radical (unpaired) electrons. The average molecular weight is 231 g/mol. The van der Waals surface area contributed by atoms with Crippen LogP contribution in [0.5, 0.6) is 5.75 Å². The molecule has 0 aromatic heterocycles. The fourth-order valence-corrected chi connectivity index (χ4v) is 1.60. The molecule has 0 saturated heterocycles. The summed E-state index contributed by atoms with van der Waals surface area (Å²) in [5, 5.41) is 12.2. The number of halogens is 2. The summed E-state index contributed by atoms with van der Waals surface area (Å²) in [4.78, 5) is 0. The van der Waals surface area contributed by atoms with E-state index in [2.05, 4.69) is 10.1 Å². The van der Waals surface area contributed by atoms with E-state index in [1.807, 2.05) is 0 Å². The normalized spacial score (nSPS) is 14.6. The first-order valence-electron chi connectivity index (χ1n) is 4.89. The molecule has 1 aromatic carbocycles. The van der Waals surface area contributed by atoms with Crippen LogP contribution in [-0.2, 0) is 0 Å². The molecular weight excluding hydrogens is 216 g/mol. The van der Waals surface area contributed by atoms with E-state index in [0.717, 1.165) is 12.1 Å². The van der Waals surface area contributed by atoms with Gasteiger partial charge >= 0.3 is 0 Å². The number of methoxy groups -OCH3 is 1. The first-order valence-corrected chi connectivity index (χ1v) is 4.89. The van der Waals surface area contributed by atoms with Gasteiger partial charge in [-0.2, -0.15) is 0 Å². The van der Waals surface area contributed by atoms with Crippen molar-refractivity contribution in [3.05, 3.63) is 29.3 Å². The third kappa shape index (κ3) is 2.48. The Morgan fingerprint density at radius 3 is 2.38 bits per heavy atom. The lowest BCUT2D eigenvalue weighted by Gasteiger charge is -2.20. The van der Waals surface area contributed by atoms with Crippen LogP contribution in [0.15, 0.2) is 12.1 Å². The number of hydrogen-bond acceptors (Lipinski definition) is 3. The van der Waals surface area contributed by atoms with E-state index in [4.69, 9.17) is 0 Å². The zero-order valence-corrected chi connectivity index (χ0v) is 9.42. The molecule has 1 aromatic rings. The van der Waals surface area contributed by atoms with Gasteiger partial charge < -0.3 is 15.2 Å². The lowest BCUT2D eigenvalue weighted by molar-refractivity contribution is 0.147. The number of likely N-dealkylation sites (N-methyl/N-ethyl adjacent to an activating group) is 1. The van der Waals surface area contributed by atoms with Crippen molar-refractivity contribution in [2.24, 2.45) is 0 Å². The number of nitrogens with one attached hydrogen (secondary N) is 1. The smallest absolute Gasteiger partial charge is 0.165 e. The van der Waals surface area contributed by atoms with E-state index < -0.39 is 23.8 Å². The van der Waals surface area contributed by atoms with Crippen molar-refractivity contribution in [3.8, 4) is 5.75 Å². The third-order valence-corrected chi connectivity index (χ3v) is 2.40.